The van der Waals surface area contributed by atoms with Crippen LogP contribution < -0.4 is 5.63 Å². The third-order valence-electron chi connectivity index (χ3n) is 4.35. The van der Waals surface area contributed by atoms with Crippen LogP contribution in [0.2, 0.25) is 0 Å². The van der Waals surface area contributed by atoms with Crippen LogP contribution in [0, 0.1) is 0 Å². The number of hydrogen-bond donors (Lipinski definition) is 1. The maximum absolute atomic E-state index is 12.5. The van der Waals surface area contributed by atoms with Gasteiger partial charge in [0.1, 0.15) is 17.9 Å². The van der Waals surface area contributed by atoms with Gasteiger partial charge in [0.25, 0.3) is 0 Å². The Morgan fingerprint density at radius 3 is 2.82 bits per heavy atom. The standard InChI is InChI=1S/C19H19NO7S/c1-3-9-26-19(23)20-8-6-12-13-4-5-16(21)14(7-10-28(2,24)25)17(13)27-18(22)15(12)11-20/h3-5,7,10,21H,1,6,8-9,11H2,2H3/b10-7+. The van der Waals surface area contributed by atoms with Crippen LogP contribution in [0.25, 0.3) is 17.0 Å². The molecule has 2 heterocycles. The molecule has 3 rings (SSSR count). The molecule has 2 aromatic rings. The van der Waals surface area contributed by atoms with Crippen molar-refractivity contribution in [3.63, 3.8) is 0 Å². The number of carbonyl (C=O) groups excluding carboxylic acids is 1. The molecule has 1 N–H and O–H groups in total. The average molecular weight is 405 g/mol. The van der Waals surface area contributed by atoms with Crippen molar-refractivity contribution in [2.24, 2.45) is 0 Å². The summed E-state index contributed by atoms with van der Waals surface area (Å²) in [5.41, 5.74) is 0.594. The Morgan fingerprint density at radius 2 is 2.14 bits per heavy atom. The van der Waals surface area contributed by atoms with E-state index in [2.05, 4.69) is 6.58 Å². The van der Waals surface area contributed by atoms with E-state index in [1.165, 1.54) is 23.1 Å². The van der Waals surface area contributed by atoms with Crippen LogP contribution in [0.15, 0.2) is 39.4 Å². The molecule has 0 spiro atoms. The minimum atomic E-state index is -3.44. The van der Waals surface area contributed by atoms with Gasteiger partial charge >= 0.3 is 11.7 Å². The van der Waals surface area contributed by atoms with E-state index in [4.69, 9.17) is 9.15 Å². The van der Waals surface area contributed by atoms with Gasteiger partial charge in [-0.2, -0.15) is 0 Å². The zero-order valence-electron chi connectivity index (χ0n) is 15.2. The fraction of sp³-hybridized carbons (Fsp3) is 0.263. The first-order valence-corrected chi connectivity index (χ1v) is 10.4. The van der Waals surface area contributed by atoms with Crippen molar-refractivity contribution in [1.29, 1.82) is 0 Å². The minimum absolute atomic E-state index is 0.0406. The van der Waals surface area contributed by atoms with E-state index in [0.717, 1.165) is 11.7 Å². The number of ether oxygens (including phenoxy) is 1. The summed E-state index contributed by atoms with van der Waals surface area (Å²) in [5, 5.41) is 11.6. The van der Waals surface area contributed by atoms with Gasteiger partial charge in [-0.1, -0.05) is 12.7 Å². The first-order chi connectivity index (χ1) is 13.2. The maximum atomic E-state index is 12.5. The summed E-state index contributed by atoms with van der Waals surface area (Å²) in [5.74, 6) is -0.207. The molecule has 9 heteroatoms. The monoisotopic (exact) mass is 405 g/mol. The summed E-state index contributed by atoms with van der Waals surface area (Å²) in [6.07, 6.45) is 3.51. The number of fused-ring (bicyclic) bond motifs is 3. The number of hydrogen-bond acceptors (Lipinski definition) is 7. The van der Waals surface area contributed by atoms with Gasteiger partial charge < -0.3 is 19.2 Å². The molecule has 28 heavy (non-hydrogen) atoms. The number of amides is 1. The number of benzene rings is 1. The lowest BCUT2D eigenvalue weighted by molar-refractivity contribution is 0.107. The zero-order valence-corrected chi connectivity index (χ0v) is 16.0. The Bertz CT molecular complexity index is 1150. The van der Waals surface area contributed by atoms with Gasteiger partial charge in [0, 0.05) is 23.6 Å². The predicted octanol–water partition coefficient (Wildman–Crippen LogP) is 2.19. The van der Waals surface area contributed by atoms with Crippen molar-refractivity contribution in [2.75, 3.05) is 19.4 Å². The summed E-state index contributed by atoms with van der Waals surface area (Å²) < 4.78 is 33.2. The number of rotatable bonds is 4. The van der Waals surface area contributed by atoms with Crippen LogP contribution >= 0.6 is 0 Å². The van der Waals surface area contributed by atoms with Gasteiger partial charge in [-0.25, -0.2) is 18.0 Å². The van der Waals surface area contributed by atoms with Crippen LogP contribution in [-0.4, -0.2) is 43.9 Å². The largest absolute Gasteiger partial charge is 0.507 e. The molecule has 1 aliphatic rings. The molecule has 8 nitrogen and oxygen atoms in total. The summed E-state index contributed by atoms with van der Waals surface area (Å²) in [7, 11) is -3.44. The molecule has 1 aromatic heterocycles. The highest BCUT2D eigenvalue weighted by atomic mass is 32.2. The SMILES string of the molecule is C=CCOC(=O)N1CCc2c(c(=O)oc3c(/C=C/S(C)(=O)=O)c(O)ccc23)C1. The molecule has 148 valence electrons. The first kappa shape index (κ1) is 19.7. The van der Waals surface area contributed by atoms with E-state index < -0.39 is 21.6 Å². The maximum Gasteiger partial charge on any atom is 0.410 e. The summed E-state index contributed by atoms with van der Waals surface area (Å²) >= 11 is 0. The smallest absolute Gasteiger partial charge is 0.410 e. The lowest BCUT2D eigenvalue weighted by Gasteiger charge is -2.27. The van der Waals surface area contributed by atoms with E-state index in [1.807, 2.05) is 0 Å². The number of nitrogens with zero attached hydrogens (tertiary/aromatic N) is 1. The number of phenols is 1. The molecule has 0 saturated carbocycles. The third kappa shape index (κ3) is 3.94. The fourth-order valence-electron chi connectivity index (χ4n) is 3.07. The summed E-state index contributed by atoms with van der Waals surface area (Å²) in [6, 6.07) is 3.02. The van der Waals surface area contributed by atoms with Crippen molar-refractivity contribution in [3.8, 4) is 5.75 Å². The highest BCUT2D eigenvalue weighted by Crippen LogP contribution is 2.32. The molecule has 1 aromatic carbocycles. The Kier molecular flexibility index (Phi) is 5.28. The number of carbonyl (C=O) groups is 1. The van der Waals surface area contributed by atoms with E-state index >= 15 is 0 Å². The molecule has 0 unspecified atom stereocenters. The molecule has 0 saturated heterocycles. The molecular weight excluding hydrogens is 386 g/mol. The Morgan fingerprint density at radius 1 is 1.39 bits per heavy atom. The van der Waals surface area contributed by atoms with Crippen molar-refractivity contribution < 1.29 is 27.5 Å². The Hall–Kier alpha value is -3.07. The highest BCUT2D eigenvalue weighted by Gasteiger charge is 2.27. The first-order valence-electron chi connectivity index (χ1n) is 8.42. The van der Waals surface area contributed by atoms with Crippen molar-refractivity contribution >= 4 is 33.0 Å². The topological polar surface area (TPSA) is 114 Å². The second-order valence-electron chi connectivity index (χ2n) is 6.39. The second-order valence-corrected chi connectivity index (χ2v) is 8.32. The van der Waals surface area contributed by atoms with E-state index in [9.17, 15) is 23.1 Å². The van der Waals surface area contributed by atoms with Crippen LogP contribution in [-0.2, 0) is 27.5 Å². The third-order valence-corrected chi connectivity index (χ3v) is 4.98. The van der Waals surface area contributed by atoms with Gasteiger partial charge in [0.05, 0.1) is 17.7 Å². The number of aromatic hydroxyl groups is 1. The zero-order chi connectivity index (χ0) is 20.5. The average Bonchev–Trinajstić information content (AvgIpc) is 2.64. The van der Waals surface area contributed by atoms with Gasteiger partial charge in [0.15, 0.2) is 9.84 Å². The Labute approximate surface area is 161 Å². The Balaban J connectivity index is 2.08. The van der Waals surface area contributed by atoms with Crippen LogP contribution in [0.3, 0.4) is 0 Å². The van der Waals surface area contributed by atoms with Gasteiger partial charge in [-0.05, 0) is 30.2 Å². The van der Waals surface area contributed by atoms with Crippen molar-refractivity contribution in [1.82, 2.24) is 4.90 Å². The van der Waals surface area contributed by atoms with Crippen molar-refractivity contribution in [2.45, 2.75) is 13.0 Å². The minimum Gasteiger partial charge on any atom is -0.507 e. The molecular formula is C19H19NO7S. The predicted molar refractivity (Wildman–Crippen MR) is 104 cm³/mol. The molecule has 0 atom stereocenters. The van der Waals surface area contributed by atoms with Crippen molar-refractivity contribution in [3.05, 3.63) is 57.3 Å². The molecule has 0 aliphatic carbocycles. The molecule has 0 bridgehead atoms. The van der Waals surface area contributed by atoms with Gasteiger partial charge in [-0.15, -0.1) is 0 Å². The molecule has 0 radical (unpaired) electrons. The normalized spacial score (nSPS) is 14.2. The van der Waals surface area contributed by atoms with Crippen LogP contribution in [0.5, 0.6) is 5.75 Å². The van der Waals surface area contributed by atoms with Gasteiger partial charge in [0.2, 0.25) is 0 Å². The van der Waals surface area contributed by atoms with Gasteiger partial charge in [-0.3, -0.25) is 0 Å². The molecule has 0 fully saturated rings. The molecule has 1 aliphatic heterocycles. The number of sulfone groups is 1. The highest BCUT2D eigenvalue weighted by molar-refractivity contribution is 7.93. The van der Waals surface area contributed by atoms with E-state index in [0.29, 0.717) is 29.5 Å². The fourth-order valence-corrected chi connectivity index (χ4v) is 3.45. The van der Waals surface area contributed by atoms with Crippen LogP contribution in [0.1, 0.15) is 16.7 Å². The number of phenolic OH excluding ortho intramolecular Hbond substituents is 1. The second kappa shape index (κ2) is 7.51. The summed E-state index contributed by atoms with van der Waals surface area (Å²) in [6.45, 7) is 3.94. The van der Waals surface area contributed by atoms with E-state index in [1.54, 1.807) is 6.07 Å². The lowest BCUT2D eigenvalue weighted by Crippen LogP contribution is -2.38. The van der Waals surface area contributed by atoms with E-state index in [-0.39, 0.29) is 30.0 Å². The van der Waals surface area contributed by atoms with Crippen LogP contribution in [0.4, 0.5) is 4.79 Å². The lowest BCUT2D eigenvalue weighted by atomic mass is 9.96. The summed E-state index contributed by atoms with van der Waals surface area (Å²) in [4.78, 5) is 26.0. The quantitative estimate of drug-likeness (QED) is 0.612. The molecule has 1 amide bonds.